The number of nitrogens with zero attached hydrogens (tertiary/aromatic N) is 2. The van der Waals surface area contributed by atoms with Crippen LogP contribution in [0.5, 0.6) is 0 Å². The number of carbonyl (C=O) groups excluding carboxylic acids is 1. The molecule has 0 aliphatic carbocycles. The lowest BCUT2D eigenvalue weighted by Crippen LogP contribution is -2.35. The number of hydrogen-bond acceptors (Lipinski definition) is 3. The van der Waals surface area contributed by atoms with Crippen LogP contribution in [0.3, 0.4) is 0 Å². The lowest BCUT2D eigenvalue weighted by atomic mass is 10.0. The normalized spacial score (nSPS) is 13.4. The number of carbonyl (C=O) groups is 2. The fraction of sp³-hybridized carbons (Fsp3) is 0.267. The summed E-state index contributed by atoms with van der Waals surface area (Å²) >= 11 is 0. The number of hydrogen-bond donors (Lipinski definition) is 2. The highest BCUT2D eigenvalue weighted by molar-refractivity contribution is 5.81. The number of benzene rings is 1. The van der Waals surface area contributed by atoms with Crippen molar-refractivity contribution in [1.29, 1.82) is 0 Å². The monoisotopic (exact) mass is 287 g/mol. The summed E-state index contributed by atoms with van der Waals surface area (Å²) in [7, 11) is 0. The van der Waals surface area contributed by atoms with Crippen molar-refractivity contribution in [2.24, 2.45) is 0 Å². The molecule has 2 rings (SSSR count). The van der Waals surface area contributed by atoms with Gasteiger partial charge < -0.3 is 10.4 Å². The van der Waals surface area contributed by atoms with Gasteiger partial charge in [-0.15, -0.1) is 0 Å². The zero-order chi connectivity index (χ0) is 15.2. The van der Waals surface area contributed by atoms with E-state index < -0.39 is 18.1 Å². The van der Waals surface area contributed by atoms with Gasteiger partial charge in [-0.25, -0.2) is 0 Å². The first-order valence-corrected chi connectivity index (χ1v) is 6.64. The molecule has 2 aromatic rings. The maximum Gasteiger partial charge on any atom is 0.305 e. The van der Waals surface area contributed by atoms with Gasteiger partial charge in [0.05, 0.1) is 12.5 Å². The molecule has 0 fully saturated rings. The zero-order valence-corrected chi connectivity index (χ0v) is 11.6. The Morgan fingerprint density at radius 3 is 2.57 bits per heavy atom. The van der Waals surface area contributed by atoms with Crippen LogP contribution in [0.2, 0.25) is 0 Å². The van der Waals surface area contributed by atoms with Gasteiger partial charge in [-0.1, -0.05) is 30.3 Å². The Morgan fingerprint density at radius 1 is 1.29 bits per heavy atom. The molecule has 21 heavy (non-hydrogen) atoms. The first kappa shape index (κ1) is 14.8. The van der Waals surface area contributed by atoms with Crippen LogP contribution in [-0.2, 0) is 9.59 Å². The van der Waals surface area contributed by atoms with Gasteiger partial charge in [-0.05, 0) is 18.6 Å². The second-order valence-electron chi connectivity index (χ2n) is 4.73. The van der Waals surface area contributed by atoms with Crippen LogP contribution < -0.4 is 5.32 Å². The van der Waals surface area contributed by atoms with E-state index in [9.17, 15) is 9.59 Å². The standard InChI is InChI=1S/C15H17N3O3/c1-11(18-9-5-8-16-18)15(21)17-13(10-14(19)20)12-6-3-2-4-7-12/h2-9,11,13H,10H2,1H3,(H,17,21)(H,19,20). The number of rotatable bonds is 6. The van der Waals surface area contributed by atoms with Gasteiger partial charge in [-0.3, -0.25) is 14.3 Å². The van der Waals surface area contributed by atoms with E-state index in [4.69, 9.17) is 5.11 Å². The number of carboxylic acids is 1. The van der Waals surface area contributed by atoms with E-state index in [-0.39, 0.29) is 12.3 Å². The van der Waals surface area contributed by atoms with Crippen molar-refractivity contribution < 1.29 is 14.7 Å². The average molecular weight is 287 g/mol. The lowest BCUT2D eigenvalue weighted by molar-refractivity contribution is -0.137. The predicted octanol–water partition coefficient (Wildman–Crippen LogP) is 1.78. The second-order valence-corrected chi connectivity index (χ2v) is 4.73. The average Bonchev–Trinajstić information content (AvgIpc) is 3.00. The molecule has 1 amide bonds. The van der Waals surface area contributed by atoms with Gasteiger partial charge in [-0.2, -0.15) is 5.10 Å². The summed E-state index contributed by atoms with van der Waals surface area (Å²) in [5, 5.41) is 15.8. The van der Waals surface area contributed by atoms with Crippen molar-refractivity contribution >= 4 is 11.9 Å². The minimum absolute atomic E-state index is 0.165. The van der Waals surface area contributed by atoms with Crippen molar-refractivity contribution in [1.82, 2.24) is 15.1 Å². The Hall–Kier alpha value is -2.63. The minimum Gasteiger partial charge on any atom is -0.481 e. The second kappa shape index (κ2) is 6.69. The topological polar surface area (TPSA) is 84.2 Å². The highest BCUT2D eigenvalue weighted by Gasteiger charge is 2.22. The first-order valence-electron chi connectivity index (χ1n) is 6.64. The SMILES string of the molecule is CC(C(=O)NC(CC(=O)O)c1ccccc1)n1cccn1. The van der Waals surface area contributed by atoms with Gasteiger partial charge in [0.15, 0.2) is 0 Å². The van der Waals surface area contributed by atoms with E-state index in [2.05, 4.69) is 10.4 Å². The maximum atomic E-state index is 12.2. The number of aromatic nitrogens is 2. The van der Waals surface area contributed by atoms with E-state index in [0.29, 0.717) is 0 Å². The van der Waals surface area contributed by atoms with E-state index in [1.165, 1.54) is 4.68 Å². The van der Waals surface area contributed by atoms with Gasteiger partial charge in [0, 0.05) is 12.4 Å². The fourth-order valence-electron chi connectivity index (χ4n) is 2.03. The van der Waals surface area contributed by atoms with Gasteiger partial charge in [0.25, 0.3) is 0 Å². The highest BCUT2D eigenvalue weighted by Crippen LogP contribution is 2.18. The van der Waals surface area contributed by atoms with E-state index in [0.717, 1.165) is 5.56 Å². The van der Waals surface area contributed by atoms with E-state index in [1.54, 1.807) is 37.5 Å². The molecule has 0 spiro atoms. The highest BCUT2D eigenvalue weighted by atomic mass is 16.4. The molecule has 1 aromatic carbocycles. The molecule has 2 N–H and O–H groups in total. The van der Waals surface area contributed by atoms with Crippen LogP contribution >= 0.6 is 0 Å². The van der Waals surface area contributed by atoms with Crippen molar-refractivity contribution in [2.75, 3.05) is 0 Å². The van der Waals surface area contributed by atoms with Crippen LogP contribution in [0.15, 0.2) is 48.8 Å². The Kier molecular flexibility index (Phi) is 4.71. The molecule has 0 saturated heterocycles. The summed E-state index contributed by atoms with van der Waals surface area (Å²) in [6.07, 6.45) is 3.12. The van der Waals surface area contributed by atoms with Crippen molar-refractivity contribution in [3.8, 4) is 0 Å². The number of carboxylic acid groups (broad SMARTS) is 1. The summed E-state index contributed by atoms with van der Waals surface area (Å²) in [6, 6.07) is 9.74. The van der Waals surface area contributed by atoms with E-state index >= 15 is 0 Å². The minimum atomic E-state index is -0.962. The molecule has 110 valence electrons. The lowest BCUT2D eigenvalue weighted by Gasteiger charge is -2.20. The van der Waals surface area contributed by atoms with Gasteiger partial charge in [0.1, 0.15) is 6.04 Å². The number of amides is 1. The third-order valence-electron chi connectivity index (χ3n) is 3.20. The summed E-state index contributed by atoms with van der Waals surface area (Å²) in [5.41, 5.74) is 0.765. The van der Waals surface area contributed by atoms with E-state index in [1.807, 2.05) is 18.2 Å². The molecule has 0 aliphatic heterocycles. The summed E-state index contributed by atoms with van der Waals surface area (Å²) < 4.78 is 1.53. The molecule has 2 atom stereocenters. The van der Waals surface area contributed by atoms with Crippen molar-refractivity contribution in [2.45, 2.75) is 25.4 Å². The molecular formula is C15H17N3O3. The van der Waals surface area contributed by atoms with Gasteiger partial charge >= 0.3 is 5.97 Å². The molecule has 1 heterocycles. The Labute approximate surface area is 122 Å². The van der Waals surface area contributed by atoms with Crippen LogP contribution in [-0.4, -0.2) is 26.8 Å². The molecule has 0 radical (unpaired) electrons. The molecule has 0 bridgehead atoms. The number of aliphatic carboxylic acids is 1. The van der Waals surface area contributed by atoms with Crippen LogP contribution in [0.1, 0.15) is 31.0 Å². The number of nitrogens with one attached hydrogen (secondary N) is 1. The summed E-state index contributed by atoms with van der Waals surface area (Å²) in [6.45, 7) is 1.71. The van der Waals surface area contributed by atoms with Crippen LogP contribution in [0.4, 0.5) is 0 Å². The Balaban J connectivity index is 2.11. The Morgan fingerprint density at radius 2 is 2.00 bits per heavy atom. The third-order valence-corrected chi connectivity index (χ3v) is 3.20. The smallest absolute Gasteiger partial charge is 0.305 e. The quantitative estimate of drug-likeness (QED) is 0.848. The maximum absolute atomic E-state index is 12.2. The molecule has 2 unspecified atom stereocenters. The summed E-state index contributed by atoms with van der Waals surface area (Å²) in [4.78, 5) is 23.2. The first-order chi connectivity index (χ1) is 10.1. The molecular weight excluding hydrogens is 270 g/mol. The third kappa shape index (κ3) is 3.92. The van der Waals surface area contributed by atoms with Gasteiger partial charge in [0.2, 0.25) is 5.91 Å². The van der Waals surface area contributed by atoms with Crippen molar-refractivity contribution in [3.05, 3.63) is 54.4 Å². The molecule has 6 heteroatoms. The molecule has 6 nitrogen and oxygen atoms in total. The Bertz CT molecular complexity index is 596. The molecule has 0 saturated carbocycles. The summed E-state index contributed by atoms with van der Waals surface area (Å²) in [5.74, 6) is -1.23. The van der Waals surface area contributed by atoms with Crippen molar-refractivity contribution in [3.63, 3.8) is 0 Å². The molecule has 1 aromatic heterocycles. The van der Waals surface area contributed by atoms with Crippen LogP contribution in [0.25, 0.3) is 0 Å². The largest absolute Gasteiger partial charge is 0.481 e. The zero-order valence-electron chi connectivity index (χ0n) is 11.6. The molecule has 0 aliphatic rings. The fourth-order valence-corrected chi connectivity index (χ4v) is 2.03. The predicted molar refractivity (Wildman–Crippen MR) is 76.5 cm³/mol. The van der Waals surface area contributed by atoms with Crippen LogP contribution in [0, 0.1) is 0 Å².